The average molecular weight is 280 g/mol. The number of aliphatic hydroxyl groups is 1. The third kappa shape index (κ3) is 2.46. The smallest absolute Gasteiger partial charge is 0.162 e. The Kier molecular flexibility index (Phi) is 4.43. The Morgan fingerprint density at radius 3 is 2.60 bits per heavy atom. The molecule has 1 aliphatic rings. The van der Waals surface area contributed by atoms with E-state index in [4.69, 9.17) is 4.74 Å². The van der Waals surface area contributed by atoms with Crippen LogP contribution in [-0.2, 0) is 5.60 Å². The van der Waals surface area contributed by atoms with Gasteiger partial charge in [0, 0.05) is 6.04 Å². The molecule has 1 saturated carbocycles. The third-order valence-electron chi connectivity index (χ3n) is 4.62. The average Bonchev–Trinajstić information content (AvgIpc) is 2.83. The highest BCUT2D eigenvalue weighted by Gasteiger charge is 2.46. The molecule has 1 aliphatic carbocycles. The second-order valence-electron chi connectivity index (χ2n) is 6.62. The van der Waals surface area contributed by atoms with E-state index in [9.17, 15) is 5.11 Å². The number of ether oxygens (including phenoxy) is 1. The van der Waals surface area contributed by atoms with Crippen LogP contribution in [0.3, 0.4) is 0 Å². The largest absolute Gasteiger partial charge is 0.493 e. The van der Waals surface area contributed by atoms with Gasteiger partial charge in [0.15, 0.2) is 5.75 Å². The fourth-order valence-electron chi connectivity index (χ4n) is 3.66. The number of hydrogen-bond donors (Lipinski definition) is 1. The van der Waals surface area contributed by atoms with Gasteiger partial charge in [-0.3, -0.25) is 4.68 Å². The van der Waals surface area contributed by atoms with Gasteiger partial charge < -0.3 is 9.84 Å². The molecule has 4 heteroatoms. The molecule has 2 unspecified atom stereocenters. The van der Waals surface area contributed by atoms with Crippen LogP contribution < -0.4 is 4.74 Å². The standard InChI is InChI=1S/C16H28N2O2/c1-11(2)13-8-6-7-9-16(13,19)15-14(20-5)10-17-18(15)12(3)4/h10-13,19H,6-9H2,1-5H3. The summed E-state index contributed by atoms with van der Waals surface area (Å²) in [6.45, 7) is 8.58. The van der Waals surface area contributed by atoms with Crippen molar-refractivity contribution < 1.29 is 9.84 Å². The SMILES string of the molecule is COc1cnn(C(C)C)c1C1(O)CCCCC1C(C)C. The molecule has 0 bridgehead atoms. The maximum absolute atomic E-state index is 11.5. The van der Waals surface area contributed by atoms with Crippen LogP contribution in [0.2, 0.25) is 0 Å². The van der Waals surface area contributed by atoms with Crippen LogP contribution in [0.1, 0.15) is 65.1 Å². The van der Waals surface area contributed by atoms with Gasteiger partial charge in [0.1, 0.15) is 11.3 Å². The van der Waals surface area contributed by atoms with Gasteiger partial charge in [0.2, 0.25) is 0 Å². The first kappa shape index (κ1) is 15.4. The van der Waals surface area contributed by atoms with Gasteiger partial charge >= 0.3 is 0 Å². The molecule has 0 aromatic carbocycles. The molecule has 1 aromatic heterocycles. The molecule has 1 heterocycles. The molecular weight excluding hydrogens is 252 g/mol. The third-order valence-corrected chi connectivity index (χ3v) is 4.62. The van der Waals surface area contributed by atoms with Gasteiger partial charge in [-0.15, -0.1) is 0 Å². The fraction of sp³-hybridized carbons (Fsp3) is 0.812. The summed E-state index contributed by atoms with van der Waals surface area (Å²) in [5, 5.41) is 15.9. The summed E-state index contributed by atoms with van der Waals surface area (Å²) in [5.41, 5.74) is 0.0480. The summed E-state index contributed by atoms with van der Waals surface area (Å²) in [7, 11) is 1.65. The van der Waals surface area contributed by atoms with Crippen molar-refractivity contribution in [1.82, 2.24) is 9.78 Å². The van der Waals surface area contributed by atoms with Crippen LogP contribution in [-0.4, -0.2) is 22.0 Å². The maximum atomic E-state index is 11.5. The Balaban J connectivity index is 2.53. The normalized spacial score (nSPS) is 27.3. The molecule has 0 saturated heterocycles. The number of nitrogens with zero attached hydrogens (tertiary/aromatic N) is 2. The fourth-order valence-corrected chi connectivity index (χ4v) is 3.66. The van der Waals surface area contributed by atoms with E-state index in [0.717, 1.165) is 25.0 Å². The molecule has 4 nitrogen and oxygen atoms in total. The lowest BCUT2D eigenvalue weighted by molar-refractivity contribution is -0.0804. The van der Waals surface area contributed by atoms with Gasteiger partial charge in [-0.25, -0.2) is 0 Å². The first-order valence-electron chi connectivity index (χ1n) is 7.76. The molecule has 114 valence electrons. The molecule has 0 radical (unpaired) electrons. The summed E-state index contributed by atoms with van der Waals surface area (Å²) in [6.07, 6.45) is 5.86. The molecule has 1 aromatic rings. The highest BCUT2D eigenvalue weighted by molar-refractivity contribution is 5.32. The Hall–Kier alpha value is -1.03. The van der Waals surface area contributed by atoms with E-state index in [0.29, 0.717) is 11.7 Å². The van der Waals surface area contributed by atoms with Crippen LogP contribution >= 0.6 is 0 Å². The lowest BCUT2D eigenvalue weighted by atomic mass is 9.68. The molecular formula is C16H28N2O2. The number of hydrogen-bond acceptors (Lipinski definition) is 3. The number of methoxy groups -OCH3 is 1. The van der Waals surface area contributed by atoms with Crippen molar-refractivity contribution in [2.75, 3.05) is 7.11 Å². The molecule has 2 atom stereocenters. The monoisotopic (exact) mass is 280 g/mol. The van der Waals surface area contributed by atoms with E-state index >= 15 is 0 Å². The molecule has 1 fully saturated rings. The summed E-state index contributed by atoms with van der Waals surface area (Å²) < 4.78 is 7.41. The second kappa shape index (κ2) is 5.76. The Bertz CT molecular complexity index is 453. The zero-order valence-corrected chi connectivity index (χ0v) is 13.4. The van der Waals surface area contributed by atoms with Gasteiger partial charge in [-0.1, -0.05) is 26.7 Å². The van der Waals surface area contributed by atoms with Crippen LogP contribution in [0, 0.1) is 11.8 Å². The van der Waals surface area contributed by atoms with Crippen molar-refractivity contribution in [1.29, 1.82) is 0 Å². The molecule has 1 N–H and O–H groups in total. The van der Waals surface area contributed by atoms with Crippen molar-refractivity contribution in [3.63, 3.8) is 0 Å². The first-order chi connectivity index (χ1) is 9.41. The van der Waals surface area contributed by atoms with E-state index in [1.165, 1.54) is 6.42 Å². The molecule has 2 rings (SSSR count). The van der Waals surface area contributed by atoms with Gasteiger partial charge in [-0.2, -0.15) is 5.10 Å². The molecule has 0 spiro atoms. The van der Waals surface area contributed by atoms with E-state index < -0.39 is 5.60 Å². The van der Waals surface area contributed by atoms with E-state index in [1.54, 1.807) is 13.3 Å². The van der Waals surface area contributed by atoms with Gasteiger partial charge in [0.25, 0.3) is 0 Å². The van der Waals surface area contributed by atoms with Gasteiger partial charge in [0.05, 0.1) is 13.3 Å². The Labute approximate surface area is 122 Å². The van der Waals surface area contributed by atoms with Crippen LogP contribution in [0.4, 0.5) is 0 Å². The van der Waals surface area contributed by atoms with E-state index in [1.807, 2.05) is 4.68 Å². The highest BCUT2D eigenvalue weighted by Crippen LogP contribution is 2.48. The zero-order chi connectivity index (χ0) is 14.9. The maximum Gasteiger partial charge on any atom is 0.162 e. The van der Waals surface area contributed by atoms with Crippen molar-refractivity contribution in [2.24, 2.45) is 11.8 Å². The summed E-state index contributed by atoms with van der Waals surface area (Å²) >= 11 is 0. The van der Waals surface area contributed by atoms with Crippen molar-refractivity contribution in [3.8, 4) is 5.75 Å². The van der Waals surface area contributed by atoms with Crippen LogP contribution in [0.25, 0.3) is 0 Å². The quantitative estimate of drug-likeness (QED) is 0.918. The number of aromatic nitrogens is 2. The molecule has 0 aliphatic heterocycles. The number of rotatable bonds is 4. The topological polar surface area (TPSA) is 47.3 Å². The van der Waals surface area contributed by atoms with Gasteiger partial charge in [-0.05, 0) is 38.5 Å². The minimum atomic E-state index is -0.821. The lowest BCUT2D eigenvalue weighted by Crippen LogP contribution is -2.42. The lowest BCUT2D eigenvalue weighted by Gasteiger charge is -2.43. The minimum absolute atomic E-state index is 0.215. The van der Waals surface area contributed by atoms with Crippen molar-refractivity contribution in [3.05, 3.63) is 11.9 Å². The second-order valence-corrected chi connectivity index (χ2v) is 6.62. The van der Waals surface area contributed by atoms with Crippen molar-refractivity contribution in [2.45, 2.75) is 65.0 Å². The van der Waals surface area contributed by atoms with Crippen LogP contribution in [0.5, 0.6) is 5.75 Å². The predicted octanol–water partition coefficient (Wildman–Crippen LogP) is 3.51. The van der Waals surface area contributed by atoms with Crippen molar-refractivity contribution >= 4 is 0 Å². The summed E-state index contributed by atoms with van der Waals surface area (Å²) in [4.78, 5) is 0. The zero-order valence-electron chi connectivity index (χ0n) is 13.4. The van der Waals surface area contributed by atoms with Crippen LogP contribution in [0.15, 0.2) is 6.20 Å². The summed E-state index contributed by atoms with van der Waals surface area (Å²) in [5.74, 6) is 1.42. The predicted molar refractivity (Wildman–Crippen MR) is 79.9 cm³/mol. The Morgan fingerprint density at radius 2 is 2.05 bits per heavy atom. The molecule has 0 amide bonds. The summed E-state index contributed by atoms with van der Waals surface area (Å²) in [6, 6.07) is 0.215. The molecule has 20 heavy (non-hydrogen) atoms. The highest BCUT2D eigenvalue weighted by atomic mass is 16.5. The minimum Gasteiger partial charge on any atom is -0.493 e. The first-order valence-corrected chi connectivity index (χ1v) is 7.76. The van der Waals surface area contributed by atoms with E-state index in [-0.39, 0.29) is 12.0 Å². The van der Waals surface area contributed by atoms with E-state index in [2.05, 4.69) is 32.8 Å². The Morgan fingerprint density at radius 1 is 1.35 bits per heavy atom.